The van der Waals surface area contributed by atoms with Crippen molar-refractivity contribution in [2.45, 2.75) is 86.5 Å². The van der Waals surface area contributed by atoms with Gasteiger partial charge in [0, 0.05) is 11.9 Å². The van der Waals surface area contributed by atoms with Gasteiger partial charge >= 0.3 is 0 Å². The molecule has 1 nitrogen and oxygen atoms in total. The Bertz CT molecular complexity index is 543. The first-order chi connectivity index (χ1) is 10.7. The van der Waals surface area contributed by atoms with E-state index in [0.717, 1.165) is 11.8 Å². The van der Waals surface area contributed by atoms with Crippen molar-refractivity contribution in [1.82, 2.24) is 4.98 Å². The third-order valence-electron chi connectivity index (χ3n) is 6.78. The molecule has 1 aliphatic rings. The van der Waals surface area contributed by atoms with Crippen molar-refractivity contribution >= 4 is 0 Å². The molecule has 0 aromatic carbocycles. The van der Waals surface area contributed by atoms with E-state index in [-0.39, 0.29) is 0 Å². The number of hydrogen-bond acceptors (Lipinski definition) is 1. The number of fused-ring (bicyclic) bond motifs is 1. The standard InChI is InChI=1S/C22H37N/c1-12(2)19-10-14(5)15(6)16(7)17(8)21-18(9)23-11-20(13(3)4)22(19)21/h11-17,19H,10H2,1-9H3/t14-,15-,16-,17-,19?/m0/s1. The maximum absolute atomic E-state index is 4.81. The molecule has 1 aromatic heterocycles. The van der Waals surface area contributed by atoms with Crippen molar-refractivity contribution in [2.24, 2.45) is 23.7 Å². The summed E-state index contributed by atoms with van der Waals surface area (Å²) in [4.78, 5) is 4.81. The Labute approximate surface area is 144 Å². The lowest BCUT2D eigenvalue weighted by atomic mass is 9.64. The maximum atomic E-state index is 4.81. The van der Waals surface area contributed by atoms with Gasteiger partial charge in [-0.2, -0.15) is 0 Å². The van der Waals surface area contributed by atoms with Crippen LogP contribution in [-0.2, 0) is 0 Å². The summed E-state index contributed by atoms with van der Waals surface area (Å²) in [5, 5.41) is 0. The van der Waals surface area contributed by atoms with Crippen LogP contribution in [0.5, 0.6) is 0 Å². The van der Waals surface area contributed by atoms with Crippen molar-refractivity contribution < 1.29 is 0 Å². The van der Waals surface area contributed by atoms with E-state index < -0.39 is 0 Å². The lowest BCUT2D eigenvalue weighted by Gasteiger charge is -2.41. The summed E-state index contributed by atoms with van der Waals surface area (Å²) in [5.41, 5.74) is 5.98. The second kappa shape index (κ2) is 6.95. The van der Waals surface area contributed by atoms with Gasteiger partial charge in [-0.1, -0.05) is 55.4 Å². The van der Waals surface area contributed by atoms with Gasteiger partial charge in [0.15, 0.2) is 0 Å². The zero-order chi connectivity index (χ0) is 17.5. The van der Waals surface area contributed by atoms with Crippen molar-refractivity contribution in [2.75, 3.05) is 0 Å². The first kappa shape index (κ1) is 18.5. The smallest absolute Gasteiger partial charge is 0.0410 e. The summed E-state index contributed by atoms with van der Waals surface area (Å²) in [6.45, 7) is 21.5. The second-order valence-electron chi connectivity index (χ2n) is 8.85. The van der Waals surface area contributed by atoms with E-state index in [9.17, 15) is 0 Å². The van der Waals surface area contributed by atoms with Gasteiger partial charge < -0.3 is 0 Å². The van der Waals surface area contributed by atoms with Gasteiger partial charge in [-0.15, -0.1) is 0 Å². The Hall–Kier alpha value is -0.850. The molecule has 0 saturated heterocycles. The third kappa shape index (κ3) is 3.35. The summed E-state index contributed by atoms with van der Waals surface area (Å²) in [7, 11) is 0. The lowest BCUT2D eigenvalue weighted by molar-refractivity contribution is 0.206. The normalized spacial score (nSPS) is 31.9. The molecular weight excluding hydrogens is 278 g/mol. The summed E-state index contributed by atoms with van der Waals surface area (Å²) in [6.07, 6.45) is 3.48. The molecule has 0 radical (unpaired) electrons. The molecule has 1 unspecified atom stereocenters. The van der Waals surface area contributed by atoms with E-state index in [0.29, 0.717) is 29.6 Å². The Kier molecular flexibility index (Phi) is 5.59. The van der Waals surface area contributed by atoms with Gasteiger partial charge in [0.2, 0.25) is 0 Å². The highest BCUT2D eigenvalue weighted by Gasteiger charge is 2.36. The van der Waals surface area contributed by atoms with Gasteiger partial charge in [0.25, 0.3) is 0 Å². The molecule has 0 aliphatic heterocycles. The Morgan fingerprint density at radius 2 is 1.57 bits per heavy atom. The SMILES string of the molecule is Cc1ncc(C(C)C)c2c1[C@@H](C)[C@@H](C)[C@@H](C)[C@@H](C)CC2C(C)C. The average Bonchev–Trinajstić information content (AvgIpc) is 2.48. The summed E-state index contributed by atoms with van der Waals surface area (Å²) < 4.78 is 0. The van der Waals surface area contributed by atoms with E-state index in [2.05, 4.69) is 68.5 Å². The van der Waals surface area contributed by atoms with Crippen molar-refractivity contribution in [3.8, 4) is 0 Å². The molecule has 0 spiro atoms. The van der Waals surface area contributed by atoms with Gasteiger partial charge in [-0.05, 0) is 71.5 Å². The monoisotopic (exact) mass is 315 g/mol. The Morgan fingerprint density at radius 1 is 0.957 bits per heavy atom. The third-order valence-corrected chi connectivity index (χ3v) is 6.78. The van der Waals surface area contributed by atoms with Crippen LogP contribution in [0.25, 0.3) is 0 Å². The highest BCUT2D eigenvalue weighted by Crippen LogP contribution is 2.48. The lowest BCUT2D eigenvalue weighted by Crippen LogP contribution is -2.30. The number of aryl methyl sites for hydroxylation is 1. The molecule has 0 fully saturated rings. The van der Waals surface area contributed by atoms with Crippen LogP contribution in [0.4, 0.5) is 0 Å². The van der Waals surface area contributed by atoms with E-state index >= 15 is 0 Å². The molecule has 1 aliphatic carbocycles. The average molecular weight is 316 g/mol. The van der Waals surface area contributed by atoms with Crippen LogP contribution in [0, 0.1) is 30.6 Å². The van der Waals surface area contributed by atoms with E-state index in [1.165, 1.54) is 17.7 Å². The quantitative estimate of drug-likeness (QED) is 0.594. The van der Waals surface area contributed by atoms with Crippen molar-refractivity contribution in [1.29, 1.82) is 0 Å². The molecule has 0 bridgehead atoms. The number of aromatic nitrogens is 1. The topological polar surface area (TPSA) is 12.9 Å². The minimum Gasteiger partial charge on any atom is -0.261 e. The number of hydrogen-bond donors (Lipinski definition) is 0. The van der Waals surface area contributed by atoms with Crippen LogP contribution in [0.1, 0.15) is 102 Å². The molecule has 5 atom stereocenters. The Morgan fingerprint density at radius 3 is 2.09 bits per heavy atom. The molecule has 2 rings (SSSR count). The number of rotatable bonds is 2. The fourth-order valence-corrected chi connectivity index (χ4v) is 4.68. The molecular formula is C22H37N. The Balaban J connectivity index is 2.76. The maximum Gasteiger partial charge on any atom is 0.0410 e. The summed E-state index contributed by atoms with van der Waals surface area (Å²) >= 11 is 0. The molecule has 23 heavy (non-hydrogen) atoms. The fourth-order valence-electron chi connectivity index (χ4n) is 4.68. The minimum absolute atomic E-state index is 0.549. The van der Waals surface area contributed by atoms with E-state index in [4.69, 9.17) is 4.98 Å². The molecule has 1 heterocycles. The minimum atomic E-state index is 0.549. The van der Waals surface area contributed by atoms with Crippen molar-refractivity contribution in [3.63, 3.8) is 0 Å². The van der Waals surface area contributed by atoms with Crippen LogP contribution in [0.3, 0.4) is 0 Å². The molecule has 0 N–H and O–H groups in total. The van der Waals surface area contributed by atoms with E-state index in [1.807, 2.05) is 0 Å². The molecule has 0 amide bonds. The van der Waals surface area contributed by atoms with Gasteiger partial charge in [-0.3, -0.25) is 4.98 Å². The predicted molar refractivity (Wildman–Crippen MR) is 101 cm³/mol. The van der Waals surface area contributed by atoms with Gasteiger partial charge in [0.1, 0.15) is 0 Å². The first-order valence-electron chi connectivity index (χ1n) is 9.66. The highest BCUT2D eigenvalue weighted by molar-refractivity contribution is 5.43. The number of pyridine rings is 1. The van der Waals surface area contributed by atoms with Crippen LogP contribution >= 0.6 is 0 Å². The zero-order valence-electron chi connectivity index (χ0n) is 16.8. The van der Waals surface area contributed by atoms with Gasteiger partial charge in [-0.25, -0.2) is 0 Å². The predicted octanol–water partition coefficient (Wildman–Crippen LogP) is 6.67. The summed E-state index contributed by atoms with van der Waals surface area (Å²) in [6, 6.07) is 0. The largest absolute Gasteiger partial charge is 0.261 e. The van der Waals surface area contributed by atoms with Crippen molar-refractivity contribution in [3.05, 3.63) is 28.6 Å². The first-order valence-corrected chi connectivity index (χ1v) is 9.66. The van der Waals surface area contributed by atoms with Crippen LogP contribution in [0.2, 0.25) is 0 Å². The number of nitrogens with zero attached hydrogens (tertiary/aromatic N) is 1. The molecule has 130 valence electrons. The molecule has 0 saturated carbocycles. The van der Waals surface area contributed by atoms with Gasteiger partial charge in [0.05, 0.1) is 0 Å². The summed E-state index contributed by atoms with van der Waals surface area (Å²) in [5.74, 6) is 4.74. The second-order valence-corrected chi connectivity index (χ2v) is 8.85. The van der Waals surface area contributed by atoms with Crippen LogP contribution in [-0.4, -0.2) is 4.98 Å². The van der Waals surface area contributed by atoms with Crippen LogP contribution < -0.4 is 0 Å². The zero-order valence-corrected chi connectivity index (χ0v) is 16.8. The highest BCUT2D eigenvalue weighted by atomic mass is 14.7. The molecule has 1 heteroatoms. The van der Waals surface area contributed by atoms with Crippen LogP contribution in [0.15, 0.2) is 6.20 Å². The molecule has 1 aromatic rings. The van der Waals surface area contributed by atoms with E-state index in [1.54, 1.807) is 11.1 Å². The fraction of sp³-hybridized carbons (Fsp3) is 0.773.